The van der Waals surface area contributed by atoms with Gasteiger partial charge in [0.2, 0.25) is 10.0 Å². The number of sulfonamides is 1. The minimum atomic E-state index is -3.54. The second-order valence-electron chi connectivity index (χ2n) is 6.89. The average Bonchev–Trinajstić information content (AvgIpc) is 2.88. The molecule has 0 bridgehead atoms. The van der Waals surface area contributed by atoms with Gasteiger partial charge in [-0.2, -0.15) is 4.31 Å². The van der Waals surface area contributed by atoms with Gasteiger partial charge in [-0.3, -0.25) is 0 Å². The lowest BCUT2D eigenvalue weighted by Gasteiger charge is -2.26. The van der Waals surface area contributed by atoms with E-state index in [1.54, 1.807) is 0 Å². The molecule has 0 saturated carbocycles. The fourth-order valence-electron chi connectivity index (χ4n) is 3.35. The van der Waals surface area contributed by atoms with Gasteiger partial charge in [0.15, 0.2) is 5.89 Å². The van der Waals surface area contributed by atoms with Crippen LogP contribution in [-0.2, 0) is 23.0 Å². The van der Waals surface area contributed by atoms with Crippen molar-refractivity contribution >= 4 is 10.0 Å². The topological polar surface area (TPSA) is 63.4 Å². The summed E-state index contributed by atoms with van der Waals surface area (Å²) in [5.41, 5.74) is 3.40. The number of benzene rings is 1. The molecule has 0 atom stereocenters. The highest BCUT2D eigenvalue weighted by atomic mass is 32.2. The molecule has 1 aliphatic rings. The van der Waals surface area contributed by atoms with E-state index in [0.29, 0.717) is 23.8 Å². The zero-order valence-electron chi connectivity index (χ0n) is 14.9. The summed E-state index contributed by atoms with van der Waals surface area (Å²) >= 11 is 0. The molecule has 2 aromatic rings. The second kappa shape index (κ2) is 6.01. The summed E-state index contributed by atoms with van der Waals surface area (Å²) in [4.78, 5) is 4.91. The first kappa shape index (κ1) is 17.2. The third-order valence-corrected chi connectivity index (χ3v) is 6.56. The Balaban J connectivity index is 1.97. The van der Waals surface area contributed by atoms with Crippen molar-refractivity contribution in [3.05, 3.63) is 46.2 Å². The molecule has 24 heavy (non-hydrogen) atoms. The predicted molar refractivity (Wildman–Crippen MR) is 92.5 cm³/mol. The molecule has 2 heterocycles. The zero-order valence-corrected chi connectivity index (χ0v) is 15.7. The second-order valence-corrected chi connectivity index (χ2v) is 8.77. The highest BCUT2D eigenvalue weighted by Gasteiger charge is 2.33. The van der Waals surface area contributed by atoms with Crippen molar-refractivity contribution in [2.75, 3.05) is 6.54 Å². The van der Waals surface area contributed by atoms with E-state index in [1.165, 1.54) is 4.31 Å². The van der Waals surface area contributed by atoms with E-state index >= 15 is 0 Å². The van der Waals surface area contributed by atoms with E-state index in [9.17, 15) is 8.42 Å². The van der Waals surface area contributed by atoms with Crippen molar-refractivity contribution in [3.8, 4) is 0 Å². The number of hydrogen-bond acceptors (Lipinski definition) is 4. The Morgan fingerprint density at radius 2 is 1.79 bits per heavy atom. The molecular weight excluding hydrogens is 324 g/mol. The molecule has 1 aromatic carbocycles. The number of aromatic nitrogens is 1. The first-order valence-electron chi connectivity index (χ1n) is 8.26. The summed E-state index contributed by atoms with van der Waals surface area (Å²) in [6.07, 6.45) is 0.568. The maximum atomic E-state index is 13.2. The first-order valence-corrected chi connectivity index (χ1v) is 9.70. The quantitative estimate of drug-likeness (QED) is 0.852. The predicted octanol–water partition coefficient (Wildman–Crippen LogP) is 3.47. The van der Waals surface area contributed by atoms with Gasteiger partial charge in [-0.25, -0.2) is 13.4 Å². The van der Waals surface area contributed by atoms with Crippen LogP contribution in [0.15, 0.2) is 21.4 Å². The number of nitrogens with zero attached hydrogens (tertiary/aromatic N) is 2. The SMILES string of the molecule is Cc1cc(C)c(S(=O)(=O)N2CCc3oc(C(C)C)nc3C2)c(C)c1. The van der Waals surface area contributed by atoms with Crippen LogP contribution in [0.25, 0.3) is 0 Å². The van der Waals surface area contributed by atoms with Gasteiger partial charge in [-0.05, 0) is 31.9 Å². The highest BCUT2D eigenvalue weighted by molar-refractivity contribution is 7.89. The number of aryl methyl sites for hydroxylation is 3. The van der Waals surface area contributed by atoms with E-state index < -0.39 is 10.0 Å². The van der Waals surface area contributed by atoms with Crippen molar-refractivity contribution in [2.24, 2.45) is 0 Å². The van der Waals surface area contributed by atoms with Crippen molar-refractivity contribution < 1.29 is 12.8 Å². The molecule has 0 radical (unpaired) electrons. The Kier molecular flexibility index (Phi) is 4.30. The normalized spacial score (nSPS) is 15.8. The average molecular weight is 348 g/mol. The van der Waals surface area contributed by atoms with Crippen LogP contribution in [0.5, 0.6) is 0 Å². The van der Waals surface area contributed by atoms with Crippen molar-refractivity contribution in [1.82, 2.24) is 9.29 Å². The molecule has 3 rings (SSSR count). The van der Waals surface area contributed by atoms with E-state index in [-0.39, 0.29) is 12.5 Å². The minimum absolute atomic E-state index is 0.197. The van der Waals surface area contributed by atoms with Crippen LogP contribution in [0.4, 0.5) is 0 Å². The Morgan fingerprint density at radius 3 is 2.38 bits per heavy atom. The molecule has 0 saturated heterocycles. The first-order chi connectivity index (χ1) is 11.2. The lowest BCUT2D eigenvalue weighted by molar-refractivity contribution is 0.353. The molecule has 0 fully saturated rings. The minimum Gasteiger partial charge on any atom is -0.445 e. The summed E-state index contributed by atoms with van der Waals surface area (Å²) in [6, 6.07) is 3.84. The molecule has 0 N–H and O–H groups in total. The molecule has 6 heteroatoms. The third-order valence-electron chi connectivity index (χ3n) is 4.41. The smallest absolute Gasteiger partial charge is 0.243 e. The standard InChI is InChI=1S/C18H24N2O3S/c1-11(2)18-19-15-10-20(7-6-16(15)23-18)24(21,22)17-13(4)8-12(3)9-14(17)5/h8-9,11H,6-7,10H2,1-5H3. The molecule has 1 aromatic heterocycles. The number of oxazole rings is 1. The summed E-state index contributed by atoms with van der Waals surface area (Å²) in [5.74, 6) is 1.70. The van der Waals surface area contributed by atoms with E-state index in [4.69, 9.17) is 4.42 Å². The number of rotatable bonds is 3. The van der Waals surface area contributed by atoms with Crippen molar-refractivity contribution in [3.63, 3.8) is 0 Å². The molecular formula is C18H24N2O3S. The Bertz CT molecular complexity index is 859. The van der Waals surface area contributed by atoms with Crippen LogP contribution in [0.1, 0.15) is 53.8 Å². The van der Waals surface area contributed by atoms with Gasteiger partial charge >= 0.3 is 0 Å². The lowest BCUT2D eigenvalue weighted by Crippen LogP contribution is -2.36. The van der Waals surface area contributed by atoms with Crippen LogP contribution < -0.4 is 0 Å². The molecule has 0 amide bonds. The fourth-order valence-corrected chi connectivity index (χ4v) is 5.16. The van der Waals surface area contributed by atoms with Gasteiger partial charge in [0.05, 0.1) is 17.1 Å². The Hall–Kier alpha value is -1.66. The molecule has 0 spiro atoms. The van der Waals surface area contributed by atoms with Gasteiger partial charge in [-0.1, -0.05) is 31.5 Å². The molecule has 1 aliphatic heterocycles. The van der Waals surface area contributed by atoms with Crippen LogP contribution in [0, 0.1) is 20.8 Å². The summed E-state index contributed by atoms with van der Waals surface area (Å²) in [7, 11) is -3.54. The van der Waals surface area contributed by atoms with Crippen LogP contribution in [-0.4, -0.2) is 24.3 Å². The lowest BCUT2D eigenvalue weighted by atomic mass is 10.1. The highest BCUT2D eigenvalue weighted by Crippen LogP contribution is 2.30. The van der Waals surface area contributed by atoms with Gasteiger partial charge in [0, 0.05) is 18.9 Å². The Labute approximate surface area is 143 Å². The van der Waals surface area contributed by atoms with Crippen molar-refractivity contribution in [2.45, 2.75) is 58.4 Å². The van der Waals surface area contributed by atoms with Gasteiger partial charge in [0.25, 0.3) is 0 Å². The third kappa shape index (κ3) is 2.89. The Morgan fingerprint density at radius 1 is 1.17 bits per heavy atom. The maximum absolute atomic E-state index is 13.2. The fraction of sp³-hybridized carbons (Fsp3) is 0.500. The van der Waals surface area contributed by atoms with Crippen LogP contribution in [0.2, 0.25) is 0 Å². The molecule has 0 unspecified atom stereocenters. The molecule has 130 valence electrons. The van der Waals surface area contributed by atoms with Crippen molar-refractivity contribution in [1.29, 1.82) is 0 Å². The van der Waals surface area contributed by atoms with Crippen LogP contribution >= 0.6 is 0 Å². The van der Waals surface area contributed by atoms with Gasteiger partial charge < -0.3 is 4.42 Å². The number of fused-ring (bicyclic) bond motifs is 1. The maximum Gasteiger partial charge on any atom is 0.243 e. The van der Waals surface area contributed by atoms with E-state index in [1.807, 2.05) is 46.8 Å². The van der Waals surface area contributed by atoms with Gasteiger partial charge in [-0.15, -0.1) is 0 Å². The summed E-state index contributed by atoms with van der Waals surface area (Å²) < 4.78 is 33.6. The zero-order chi connectivity index (χ0) is 17.6. The van der Waals surface area contributed by atoms with E-state index in [2.05, 4.69) is 4.98 Å². The molecule has 0 aliphatic carbocycles. The molecule has 5 nitrogen and oxygen atoms in total. The number of hydrogen-bond donors (Lipinski definition) is 0. The summed E-state index contributed by atoms with van der Waals surface area (Å²) in [5, 5.41) is 0. The van der Waals surface area contributed by atoms with Crippen LogP contribution in [0.3, 0.4) is 0 Å². The van der Waals surface area contributed by atoms with Gasteiger partial charge in [0.1, 0.15) is 5.76 Å². The summed E-state index contributed by atoms with van der Waals surface area (Å²) in [6.45, 7) is 10.4. The monoisotopic (exact) mass is 348 g/mol. The largest absolute Gasteiger partial charge is 0.445 e. The van der Waals surface area contributed by atoms with E-state index in [0.717, 1.165) is 28.1 Å².